The van der Waals surface area contributed by atoms with E-state index in [0.717, 1.165) is 41.9 Å². The average molecular weight is 550 g/mol. The first-order valence-corrected chi connectivity index (χ1v) is 15.5. The molecule has 0 bridgehead atoms. The molecule has 5 nitrogen and oxygen atoms in total. The van der Waals surface area contributed by atoms with Crippen LogP contribution in [0.15, 0.2) is 42.5 Å². The summed E-state index contributed by atoms with van der Waals surface area (Å²) in [5, 5.41) is 13.2. The van der Waals surface area contributed by atoms with Crippen LogP contribution in [-0.2, 0) is 30.7 Å². The lowest BCUT2D eigenvalue weighted by atomic mass is 9.80. The summed E-state index contributed by atoms with van der Waals surface area (Å²) in [6.45, 7) is 1.33. The first kappa shape index (κ1) is 24.5. The van der Waals surface area contributed by atoms with E-state index in [2.05, 4.69) is 29.6 Å². The normalized spacial score (nSPS) is 20.3. The fraction of sp³-hybridized carbons (Fsp3) is 0.321. The van der Waals surface area contributed by atoms with Gasteiger partial charge in [0, 0.05) is 23.7 Å². The third kappa shape index (κ3) is 4.56. The summed E-state index contributed by atoms with van der Waals surface area (Å²) in [6, 6.07) is 14.5. The molecule has 188 valence electrons. The molecule has 0 spiro atoms. The molecule has 1 fully saturated rings. The lowest BCUT2D eigenvalue weighted by Crippen LogP contribution is -2.32. The molecule has 37 heavy (non-hydrogen) atoms. The van der Waals surface area contributed by atoms with Gasteiger partial charge in [0.25, 0.3) is 5.91 Å². The van der Waals surface area contributed by atoms with Crippen molar-refractivity contribution in [1.29, 1.82) is 5.26 Å². The van der Waals surface area contributed by atoms with Gasteiger partial charge in [-0.25, -0.2) is 4.39 Å². The van der Waals surface area contributed by atoms with Crippen LogP contribution in [-0.4, -0.2) is 27.7 Å². The fourth-order valence-electron chi connectivity index (χ4n) is 5.56. The van der Waals surface area contributed by atoms with Crippen LogP contribution >= 0.6 is 32.9 Å². The monoisotopic (exact) mass is 549 g/mol. The van der Waals surface area contributed by atoms with E-state index in [1.165, 1.54) is 40.2 Å². The van der Waals surface area contributed by atoms with Crippen LogP contribution in [0.5, 0.6) is 0 Å². The van der Waals surface area contributed by atoms with Crippen LogP contribution in [0.2, 0.25) is 0 Å². The molecule has 2 aromatic carbocycles. The van der Waals surface area contributed by atoms with Gasteiger partial charge >= 0.3 is 0 Å². The second kappa shape index (κ2) is 10.2. The zero-order valence-electron chi connectivity index (χ0n) is 20.0. The van der Waals surface area contributed by atoms with Crippen molar-refractivity contribution in [1.82, 2.24) is 4.90 Å². The van der Waals surface area contributed by atoms with Gasteiger partial charge in [-0.3, -0.25) is 9.59 Å². The summed E-state index contributed by atoms with van der Waals surface area (Å²) in [7, 11) is 3.48. The maximum absolute atomic E-state index is 14.1. The molecule has 0 saturated carbocycles. The highest BCUT2D eigenvalue weighted by atomic mass is 33.1. The van der Waals surface area contributed by atoms with E-state index in [1.54, 1.807) is 33.7 Å². The largest absolute Gasteiger partial charge is 0.333 e. The lowest BCUT2D eigenvalue weighted by Gasteiger charge is -2.25. The van der Waals surface area contributed by atoms with E-state index in [4.69, 9.17) is 0 Å². The number of thiophene rings is 1. The number of carbonyl (C=O) groups is 2. The number of nitrogens with zero attached hydrogens (tertiary/aromatic N) is 2. The lowest BCUT2D eigenvalue weighted by molar-refractivity contribution is -0.131. The average Bonchev–Trinajstić information content (AvgIpc) is 3.66. The molecule has 9 heteroatoms. The Labute approximate surface area is 226 Å². The Morgan fingerprint density at radius 2 is 1.95 bits per heavy atom. The van der Waals surface area contributed by atoms with E-state index in [0.29, 0.717) is 23.7 Å². The Balaban J connectivity index is 1.23. The zero-order valence-corrected chi connectivity index (χ0v) is 22.4. The number of benzene rings is 2. The van der Waals surface area contributed by atoms with Crippen molar-refractivity contribution in [3.8, 4) is 6.07 Å². The number of carbonyl (C=O) groups excluding carboxylic acids is 2. The number of amides is 2. The number of halogens is 1. The molecule has 2 unspecified atom stereocenters. The number of nitrogens with one attached hydrogen (secondary N) is 1. The molecule has 1 N–H and O–H groups in total. The Morgan fingerprint density at radius 3 is 2.73 bits per heavy atom. The van der Waals surface area contributed by atoms with E-state index < -0.39 is 11.7 Å². The summed E-state index contributed by atoms with van der Waals surface area (Å²) in [4.78, 5) is 28.9. The first-order valence-electron chi connectivity index (χ1n) is 12.3. The molecule has 0 radical (unpaired) electrons. The van der Waals surface area contributed by atoms with Gasteiger partial charge in [0.1, 0.15) is 16.9 Å². The van der Waals surface area contributed by atoms with Crippen molar-refractivity contribution in [2.24, 2.45) is 0 Å². The number of anilines is 1. The highest BCUT2D eigenvalue weighted by molar-refractivity contribution is 8.77. The van der Waals surface area contributed by atoms with Crippen LogP contribution in [0.3, 0.4) is 0 Å². The minimum absolute atomic E-state index is 0.0378. The second-order valence-electron chi connectivity index (χ2n) is 9.57. The van der Waals surface area contributed by atoms with Gasteiger partial charge < -0.3 is 10.2 Å². The minimum atomic E-state index is -0.587. The van der Waals surface area contributed by atoms with Gasteiger partial charge in [0.2, 0.25) is 5.91 Å². The van der Waals surface area contributed by atoms with Gasteiger partial charge in [-0.2, -0.15) is 5.26 Å². The van der Waals surface area contributed by atoms with Crippen molar-refractivity contribution >= 4 is 49.7 Å². The number of nitriles is 1. The van der Waals surface area contributed by atoms with Gasteiger partial charge in [0.15, 0.2) is 0 Å². The van der Waals surface area contributed by atoms with E-state index in [-0.39, 0.29) is 22.6 Å². The van der Waals surface area contributed by atoms with Gasteiger partial charge in [0.05, 0.1) is 16.4 Å². The van der Waals surface area contributed by atoms with Crippen molar-refractivity contribution in [2.45, 2.75) is 49.9 Å². The smallest absolute Gasteiger partial charge is 0.259 e. The summed E-state index contributed by atoms with van der Waals surface area (Å²) < 4.78 is 14.1. The van der Waals surface area contributed by atoms with Crippen molar-refractivity contribution < 1.29 is 14.0 Å². The Bertz CT molecular complexity index is 1440. The van der Waals surface area contributed by atoms with Crippen molar-refractivity contribution in [3.63, 3.8) is 0 Å². The number of hydrogen-bond acceptors (Lipinski definition) is 6. The molecule has 2 amide bonds. The Hall–Kier alpha value is -2.80. The second-order valence-corrected chi connectivity index (χ2v) is 13.4. The van der Waals surface area contributed by atoms with E-state index >= 15 is 0 Å². The van der Waals surface area contributed by atoms with E-state index in [9.17, 15) is 19.2 Å². The summed E-state index contributed by atoms with van der Waals surface area (Å²) >= 11 is 1.42. The summed E-state index contributed by atoms with van der Waals surface area (Å²) in [5.74, 6) is 0.431. The molecule has 1 saturated heterocycles. The SMILES string of the molecule is N#Cc1c(NC(=O)c2ccccc2F)sc2c1CCC(c1cccc3c1CN(C(=O)C1CCSS1)C3)C2. The molecule has 3 aromatic rings. The molecule has 6 rings (SSSR count). The first-order chi connectivity index (χ1) is 18.0. The molecule has 3 aliphatic rings. The highest BCUT2D eigenvalue weighted by Crippen LogP contribution is 2.45. The summed E-state index contributed by atoms with van der Waals surface area (Å²) in [6.07, 6.45) is 3.37. The van der Waals surface area contributed by atoms with E-state index in [1.807, 2.05) is 4.90 Å². The predicted molar refractivity (Wildman–Crippen MR) is 147 cm³/mol. The quantitative estimate of drug-likeness (QED) is 0.388. The number of rotatable bonds is 4. The molecule has 1 aliphatic carbocycles. The summed E-state index contributed by atoms with van der Waals surface area (Å²) in [5.41, 5.74) is 5.23. The zero-order chi connectivity index (χ0) is 25.5. The number of fused-ring (bicyclic) bond motifs is 2. The number of hydrogen-bond donors (Lipinski definition) is 1. The Morgan fingerprint density at radius 1 is 1.08 bits per heavy atom. The minimum Gasteiger partial charge on any atom is -0.333 e. The van der Waals surface area contributed by atoms with Crippen LogP contribution in [0.25, 0.3) is 0 Å². The molecule has 1 aromatic heterocycles. The van der Waals surface area contributed by atoms with Crippen molar-refractivity contribution in [3.05, 3.63) is 86.5 Å². The third-order valence-corrected chi connectivity index (χ3v) is 11.4. The third-order valence-electron chi connectivity index (χ3n) is 7.42. The van der Waals surface area contributed by atoms with Gasteiger partial charge in [-0.15, -0.1) is 11.3 Å². The molecule has 2 atom stereocenters. The van der Waals surface area contributed by atoms with Crippen LogP contribution in [0, 0.1) is 17.1 Å². The van der Waals surface area contributed by atoms with Gasteiger partial charge in [-0.05, 0) is 66.0 Å². The highest BCUT2D eigenvalue weighted by Gasteiger charge is 2.35. The van der Waals surface area contributed by atoms with Gasteiger partial charge in [-0.1, -0.05) is 51.9 Å². The molecular formula is C28H24FN3O2S3. The van der Waals surface area contributed by atoms with Crippen molar-refractivity contribution in [2.75, 3.05) is 11.1 Å². The maximum Gasteiger partial charge on any atom is 0.259 e. The standard InChI is InChI=1S/C28H24FN3O2S3/c29-23-7-2-1-5-20(23)26(33)31-27-21(13-30)19-9-8-16(12-25(19)36-27)18-6-3-4-17-14-32(15-22(17)18)28(34)24-10-11-35-37-24/h1-7,16,24H,8-12,14-15H2,(H,31,33). The van der Waals surface area contributed by atoms with Crippen LogP contribution in [0.1, 0.15) is 61.8 Å². The molecule has 3 heterocycles. The fourth-order valence-corrected chi connectivity index (χ4v) is 9.63. The predicted octanol–water partition coefficient (Wildman–Crippen LogP) is 6.28. The topological polar surface area (TPSA) is 73.2 Å². The Kier molecular flexibility index (Phi) is 6.74. The maximum atomic E-state index is 14.1. The van der Waals surface area contributed by atoms with Crippen LogP contribution < -0.4 is 5.32 Å². The molecular weight excluding hydrogens is 526 g/mol. The van der Waals surface area contributed by atoms with Crippen LogP contribution in [0.4, 0.5) is 9.39 Å². The molecule has 2 aliphatic heterocycles.